The lowest BCUT2D eigenvalue weighted by Crippen LogP contribution is -2.51. The van der Waals surface area contributed by atoms with Gasteiger partial charge in [0.1, 0.15) is 12.7 Å². The van der Waals surface area contributed by atoms with Gasteiger partial charge in [-0.3, -0.25) is 9.69 Å². The maximum absolute atomic E-state index is 12.5. The highest BCUT2D eigenvalue weighted by molar-refractivity contribution is 5.81. The number of nitrogens with zero attached hydrogens (tertiary/aromatic N) is 1. The third-order valence-electron chi connectivity index (χ3n) is 4.67. The molecule has 2 rings (SSSR count). The first-order valence-corrected chi connectivity index (χ1v) is 9.01. The molecule has 1 amide bonds. The van der Waals surface area contributed by atoms with E-state index in [1.54, 1.807) is 0 Å². The van der Waals surface area contributed by atoms with E-state index in [4.69, 9.17) is 9.47 Å². The van der Waals surface area contributed by atoms with E-state index in [2.05, 4.69) is 31.0 Å². The standard InChI is InChI=1S/C19H30N2O3/c1-5-15(6-2)20-19(22)14(4)21(7-3)12-16-13-23-17-10-8-9-11-18(17)24-16/h8-11,14-16H,5-7,12-13H2,1-4H3,(H,20,22). The van der Waals surface area contributed by atoms with E-state index in [1.165, 1.54) is 0 Å². The van der Waals surface area contributed by atoms with Crippen molar-refractivity contribution < 1.29 is 14.3 Å². The second-order valence-corrected chi connectivity index (χ2v) is 6.28. The van der Waals surface area contributed by atoms with Gasteiger partial charge in [0.05, 0.1) is 6.04 Å². The van der Waals surface area contributed by atoms with Crippen LogP contribution in [0.4, 0.5) is 0 Å². The highest BCUT2D eigenvalue weighted by atomic mass is 16.6. The van der Waals surface area contributed by atoms with Crippen LogP contribution >= 0.6 is 0 Å². The van der Waals surface area contributed by atoms with Crippen molar-refractivity contribution in [3.63, 3.8) is 0 Å². The largest absolute Gasteiger partial charge is 0.486 e. The molecule has 0 spiro atoms. The number of nitrogens with one attached hydrogen (secondary N) is 1. The quantitative estimate of drug-likeness (QED) is 0.794. The number of hydrogen-bond donors (Lipinski definition) is 1. The molecule has 0 fully saturated rings. The van der Waals surface area contributed by atoms with Crippen molar-refractivity contribution in [1.29, 1.82) is 0 Å². The zero-order valence-electron chi connectivity index (χ0n) is 15.2. The Morgan fingerprint density at radius 1 is 1.25 bits per heavy atom. The van der Waals surface area contributed by atoms with Gasteiger partial charge in [0, 0.05) is 12.6 Å². The van der Waals surface area contributed by atoms with Crippen LogP contribution in [-0.4, -0.2) is 48.7 Å². The summed E-state index contributed by atoms with van der Waals surface area (Å²) in [7, 11) is 0. The van der Waals surface area contributed by atoms with Crippen LogP contribution in [0.25, 0.3) is 0 Å². The number of rotatable bonds is 8. The summed E-state index contributed by atoms with van der Waals surface area (Å²) in [6.07, 6.45) is 1.85. The van der Waals surface area contributed by atoms with Gasteiger partial charge in [-0.25, -0.2) is 0 Å². The van der Waals surface area contributed by atoms with Gasteiger partial charge in [0.15, 0.2) is 11.5 Å². The Kier molecular flexibility index (Phi) is 6.91. The second kappa shape index (κ2) is 8.92. The third-order valence-corrected chi connectivity index (χ3v) is 4.67. The number of benzene rings is 1. The first-order valence-electron chi connectivity index (χ1n) is 9.01. The minimum atomic E-state index is -0.184. The van der Waals surface area contributed by atoms with Gasteiger partial charge < -0.3 is 14.8 Å². The lowest BCUT2D eigenvalue weighted by molar-refractivity contribution is -0.127. The van der Waals surface area contributed by atoms with E-state index >= 15 is 0 Å². The predicted octanol–water partition coefficient (Wildman–Crippen LogP) is 2.84. The molecule has 2 unspecified atom stereocenters. The molecule has 1 heterocycles. The molecular weight excluding hydrogens is 304 g/mol. The fourth-order valence-electron chi connectivity index (χ4n) is 2.96. The summed E-state index contributed by atoms with van der Waals surface area (Å²) in [6, 6.07) is 7.77. The number of likely N-dealkylation sites (N-methyl/N-ethyl adjacent to an activating group) is 1. The Hall–Kier alpha value is -1.75. The fraction of sp³-hybridized carbons (Fsp3) is 0.632. The fourth-order valence-corrected chi connectivity index (χ4v) is 2.96. The molecule has 0 saturated heterocycles. The van der Waals surface area contributed by atoms with Crippen LogP contribution in [0.5, 0.6) is 11.5 Å². The number of para-hydroxylation sites is 2. The Balaban J connectivity index is 1.93. The average molecular weight is 334 g/mol. The molecule has 5 nitrogen and oxygen atoms in total. The van der Waals surface area contributed by atoms with E-state index in [0.29, 0.717) is 13.2 Å². The second-order valence-electron chi connectivity index (χ2n) is 6.28. The molecule has 1 aromatic rings. The van der Waals surface area contributed by atoms with Crippen molar-refractivity contribution in [2.24, 2.45) is 0 Å². The molecule has 1 N–H and O–H groups in total. The van der Waals surface area contributed by atoms with Gasteiger partial charge >= 0.3 is 0 Å². The average Bonchev–Trinajstić information content (AvgIpc) is 2.63. The van der Waals surface area contributed by atoms with Crippen molar-refractivity contribution in [2.75, 3.05) is 19.7 Å². The van der Waals surface area contributed by atoms with E-state index in [1.807, 2.05) is 31.2 Å². The van der Waals surface area contributed by atoms with Crippen molar-refractivity contribution in [2.45, 2.75) is 58.7 Å². The van der Waals surface area contributed by atoms with Gasteiger partial charge in [-0.05, 0) is 38.4 Å². The lowest BCUT2D eigenvalue weighted by atomic mass is 10.1. The predicted molar refractivity (Wildman–Crippen MR) is 95.6 cm³/mol. The SMILES string of the molecule is CCC(CC)NC(=O)C(C)N(CC)CC1COc2ccccc2O1. The summed E-state index contributed by atoms with van der Waals surface area (Å²) in [5.74, 6) is 1.65. The van der Waals surface area contributed by atoms with E-state index < -0.39 is 0 Å². The third kappa shape index (κ3) is 4.63. The number of carbonyl (C=O) groups is 1. The first-order chi connectivity index (χ1) is 11.6. The van der Waals surface area contributed by atoms with Crippen LogP contribution in [0.2, 0.25) is 0 Å². The Morgan fingerprint density at radius 3 is 2.54 bits per heavy atom. The minimum Gasteiger partial charge on any atom is -0.486 e. The van der Waals surface area contributed by atoms with Crippen LogP contribution in [-0.2, 0) is 4.79 Å². The van der Waals surface area contributed by atoms with E-state index in [-0.39, 0.29) is 24.1 Å². The van der Waals surface area contributed by atoms with Gasteiger partial charge in [0.2, 0.25) is 5.91 Å². The van der Waals surface area contributed by atoms with Crippen molar-refractivity contribution in [3.8, 4) is 11.5 Å². The van der Waals surface area contributed by atoms with E-state index in [0.717, 1.165) is 30.9 Å². The molecule has 5 heteroatoms. The summed E-state index contributed by atoms with van der Waals surface area (Å²) in [6.45, 7) is 10.2. The molecule has 24 heavy (non-hydrogen) atoms. The monoisotopic (exact) mass is 334 g/mol. The van der Waals surface area contributed by atoms with Crippen LogP contribution < -0.4 is 14.8 Å². The number of amides is 1. The van der Waals surface area contributed by atoms with Crippen molar-refractivity contribution in [1.82, 2.24) is 10.2 Å². The maximum Gasteiger partial charge on any atom is 0.237 e. The molecule has 1 aliphatic rings. The lowest BCUT2D eigenvalue weighted by Gasteiger charge is -2.33. The summed E-state index contributed by atoms with van der Waals surface area (Å²) in [4.78, 5) is 14.6. The van der Waals surface area contributed by atoms with Crippen molar-refractivity contribution in [3.05, 3.63) is 24.3 Å². The van der Waals surface area contributed by atoms with Gasteiger partial charge in [0.25, 0.3) is 0 Å². The van der Waals surface area contributed by atoms with E-state index in [9.17, 15) is 4.79 Å². The summed E-state index contributed by atoms with van der Waals surface area (Å²) < 4.78 is 11.8. The summed E-state index contributed by atoms with van der Waals surface area (Å²) in [5.41, 5.74) is 0. The molecule has 0 saturated carbocycles. The summed E-state index contributed by atoms with van der Waals surface area (Å²) in [5, 5.41) is 3.13. The van der Waals surface area contributed by atoms with Gasteiger partial charge in [-0.1, -0.05) is 32.9 Å². The van der Waals surface area contributed by atoms with Crippen LogP contribution in [0.1, 0.15) is 40.5 Å². The number of hydrogen-bond acceptors (Lipinski definition) is 4. The van der Waals surface area contributed by atoms with Crippen molar-refractivity contribution >= 4 is 5.91 Å². The molecule has 1 aliphatic heterocycles. The normalized spacial score (nSPS) is 17.8. The van der Waals surface area contributed by atoms with Gasteiger partial charge in [-0.2, -0.15) is 0 Å². The molecule has 1 aromatic carbocycles. The molecule has 0 bridgehead atoms. The Morgan fingerprint density at radius 2 is 1.92 bits per heavy atom. The Bertz CT molecular complexity index is 531. The molecular formula is C19H30N2O3. The van der Waals surface area contributed by atoms with Gasteiger partial charge in [-0.15, -0.1) is 0 Å². The smallest absolute Gasteiger partial charge is 0.237 e. The molecule has 2 atom stereocenters. The number of carbonyl (C=O) groups excluding carboxylic acids is 1. The van der Waals surface area contributed by atoms with Crippen LogP contribution in [0.3, 0.4) is 0 Å². The zero-order valence-corrected chi connectivity index (χ0v) is 15.2. The molecule has 0 aromatic heterocycles. The highest BCUT2D eigenvalue weighted by Gasteiger charge is 2.27. The molecule has 134 valence electrons. The Labute approximate surface area is 145 Å². The number of fused-ring (bicyclic) bond motifs is 1. The molecule has 0 radical (unpaired) electrons. The topological polar surface area (TPSA) is 50.8 Å². The highest BCUT2D eigenvalue weighted by Crippen LogP contribution is 2.31. The molecule has 0 aliphatic carbocycles. The minimum absolute atomic E-state index is 0.0664. The first kappa shape index (κ1) is 18.6. The number of ether oxygens (including phenoxy) is 2. The maximum atomic E-state index is 12.5. The summed E-state index contributed by atoms with van der Waals surface area (Å²) >= 11 is 0. The van der Waals surface area contributed by atoms with Crippen LogP contribution in [0.15, 0.2) is 24.3 Å². The zero-order chi connectivity index (χ0) is 17.5. The van der Waals surface area contributed by atoms with Crippen LogP contribution in [0, 0.1) is 0 Å².